The number of nitrogens with zero attached hydrogens (tertiary/aromatic N) is 2. The third-order valence-corrected chi connectivity index (χ3v) is 3.31. The Hall–Kier alpha value is -1.06. The SMILES string of the molecule is C=CC[N+](C)(C)CC=C.C=CC[N+](CC=C)(CC=C)CC=C.[Cl-].[Cl-]. The fourth-order valence-corrected chi connectivity index (χ4v) is 2.32. The number of hydrogen-bond acceptors (Lipinski definition) is 0. The first-order valence-corrected chi connectivity index (χ1v) is 7.69. The molecule has 0 radical (unpaired) electrons. The first-order chi connectivity index (χ1) is 10.4. The summed E-state index contributed by atoms with van der Waals surface area (Å²) in [5, 5.41) is 0. The molecule has 0 aromatic rings. The first-order valence-electron chi connectivity index (χ1n) is 7.69. The van der Waals surface area contributed by atoms with Crippen molar-refractivity contribution in [1.82, 2.24) is 0 Å². The van der Waals surface area contributed by atoms with Crippen LogP contribution in [-0.4, -0.2) is 62.3 Å². The Labute approximate surface area is 163 Å². The van der Waals surface area contributed by atoms with Crippen LogP contribution in [0.15, 0.2) is 75.9 Å². The van der Waals surface area contributed by atoms with Crippen LogP contribution >= 0.6 is 0 Å². The third kappa shape index (κ3) is 15.8. The van der Waals surface area contributed by atoms with Gasteiger partial charge >= 0.3 is 0 Å². The van der Waals surface area contributed by atoms with Gasteiger partial charge in [-0.2, -0.15) is 0 Å². The number of quaternary nitrogens is 2. The highest BCUT2D eigenvalue weighted by atomic mass is 35.5. The van der Waals surface area contributed by atoms with Gasteiger partial charge in [-0.1, -0.05) is 39.5 Å². The van der Waals surface area contributed by atoms with Gasteiger partial charge in [-0.05, 0) is 36.5 Å². The summed E-state index contributed by atoms with van der Waals surface area (Å²) in [5.74, 6) is 0. The fourth-order valence-electron chi connectivity index (χ4n) is 2.32. The van der Waals surface area contributed by atoms with Gasteiger partial charge in [-0.3, -0.25) is 0 Å². The fraction of sp³-hybridized carbons (Fsp3) is 0.400. The van der Waals surface area contributed by atoms with Gasteiger partial charge in [0.1, 0.15) is 0 Å². The van der Waals surface area contributed by atoms with E-state index in [9.17, 15) is 0 Å². The third-order valence-electron chi connectivity index (χ3n) is 3.31. The highest BCUT2D eigenvalue weighted by molar-refractivity contribution is 4.79. The Bertz CT molecular complexity index is 316. The quantitative estimate of drug-likeness (QED) is 0.273. The monoisotopic (exact) mass is 374 g/mol. The molecule has 0 atom stereocenters. The van der Waals surface area contributed by atoms with Crippen LogP contribution < -0.4 is 24.8 Å². The Morgan fingerprint density at radius 2 is 0.708 bits per heavy atom. The summed E-state index contributed by atoms with van der Waals surface area (Å²) in [5.41, 5.74) is 0. The van der Waals surface area contributed by atoms with E-state index in [1.165, 1.54) is 0 Å². The normalized spacial score (nSPS) is 9.75. The van der Waals surface area contributed by atoms with Crippen molar-refractivity contribution in [2.45, 2.75) is 0 Å². The summed E-state index contributed by atoms with van der Waals surface area (Å²) in [7, 11) is 4.31. The molecule has 0 aliphatic carbocycles. The van der Waals surface area contributed by atoms with Crippen molar-refractivity contribution >= 4 is 0 Å². The minimum Gasteiger partial charge on any atom is -1.00 e. The molecule has 0 aromatic carbocycles. The molecule has 0 rings (SSSR count). The Morgan fingerprint density at radius 1 is 0.500 bits per heavy atom. The van der Waals surface area contributed by atoms with Crippen LogP contribution in [0.25, 0.3) is 0 Å². The van der Waals surface area contributed by atoms with Gasteiger partial charge in [-0.25, -0.2) is 0 Å². The highest BCUT2D eigenvalue weighted by Crippen LogP contribution is 2.07. The average molecular weight is 375 g/mol. The van der Waals surface area contributed by atoms with Crippen LogP contribution in [0.5, 0.6) is 0 Å². The number of halogens is 2. The molecule has 0 bridgehead atoms. The summed E-state index contributed by atoms with van der Waals surface area (Å²) in [6.07, 6.45) is 11.6. The minimum absolute atomic E-state index is 0. The number of likely N-dealkylation sites (N-methyl/N-ethyl adjacent to an activating group) is 1. The number of hydrogen-bond donors (Lipinski definition) is 0. The van der Waals surface area contributed by atoms with Crippen LogP contribution in [0.1, 0.15) is 0 Å². The van der Waals surface area contributed by atoms with Crippen molar-refractivity contribution < 1.29 is 33.8 Å². The summed E-state index contributed by atoms with van der Waals surface area (Å²) in [6, 6.07) is 0. The maximum Gasteiger partial charge on any atom is 0.0978 e. The lowest BCUT2D eigenvalue weighted by molar-refractivity contribution is -0.906. The zero-order valence-corrected chi connectivity index (χ0v) is 17.1. The summed E-state index contributed by atoms with van der Waals surface area (Å²) in [4.78, 5) is 0. The Balaban J connectivity index is -0.000000162. The van der Waals surface area contributed by atoms with Gasteiger partial charge < -0.3 is 33.8 Å². The van der Waals surface area contributed by atoms with E-state index >= 15 is 0 Å². The van der Waals surface area contributed by atoms with Gasteiger partial charge in [0.05, 0.1) is 53.4 Å². The largest absolute Gasteiger partial charge is 1.00 e. The van der Waals surface area contributed by atoms with E-state index in [1.807, 2.05) is 36.5 Å². The molecule has 2 nitrogen and oxygen atoms in total. The zero-order valence-electron chi connectivity index (χ0n) is 15.6. The van der Waals surface area contributed by atoms with E-state index in [1.54, 1.807) is 0 Å². The standard InChI is InChI=1S/C12H20N.C8H16N.2ClH/c1-5-9-13(10-6-2,11-7-3)12-8-4;1-5-7-9(3,4)8-6-2;;/h5-8H,1-4,9-12H2;5-6H,1-2,7-8H2,3-4H3;2*1H/q2*+1;;/p-2. The summed E-state index contributed by atoms with van der Waals surface area (Å²) >= 11 is 0. The predicted molar refractivity (Wildman–Crippen MR) is 103 cm³/mol. The van der Waals surface area contributed by atoms with Gasteiger partial charge in [-0.15, -0.1) is 0 Å². The lowest BCUT2D eigenvalue weighted by Gasteiger charge is -2.35. The van der Waals surface area contributed by atoms with Gasteiger partial charge in [0.2, 0.25) is 0 Å². The number of rotatable bonds is 12. The molecule has 0 saturated carbocycles. The molecule has 0 fully saturated rings. The molecule has 0 amide bonds. The minimum atomic E-state index is 0. The first kappa shape index (κ1) is 30.8. The molecule has 0 aliphatic heterocycles. The molecule has 0 N–H and O–H groups in total. The predicted octanol–water partition coefficient (Wildman–Crippen LogP) is -2.01. The molecular weight excluding hydrogens is 339 g/mol. The van der Waals surface area contributed by atoms with E-state index in [2.05, 4.69) is 53.6 Å². The Kier molecular flexibility index (Phi) is 23.4. The van der Waals surface area contributed by atoms with Crippen molar-refractivity contribution in [3.63, 3.8) is 0 Å². The molecular formula is C20H36Cl2N2. The van der Waals surface area contributed by atoms with Crippen LogP contribution in [0, 0.1) is 0 Å². The second-order valence-electron chi connectivity index (χ2n) is 6.10. The van der Waals surface area contributed by atoms with E-state index in [4.69, 9.17) is 0 Å². The molecule has 0 aromatic heterocycles. The van der Waals surface area contributed by atoms with Crippen LogP contribution in [0.2, 0.25) is 0 Å². The van der Waals surface area contributed by atoms with Crippen molar-refractivity contribution in [1.29, 1.82) is 0 Å². The highest BCUT2D eigenvalue weighted by Gasteiger charge is 2.20. The van der Waals surface area contributed by atoms with Gasteiger partial charge in [0.25, 0.3) is 0 Å². The zero-order chi connectivity index (χ0) is 17.5. The summed E-state index contributed by atoms with van der Waals surface area (Å²) in [6.45, 7) is 28.2. The van der Waals surface area contributed by atoms with Crippen LogP contribution in [0.3, 0.4) is 0 Å². The van der Waals surface area contributed by atoms with E-state index in [0.29, 0.717) is 0 Å². The topological polar surface area (TPSA) is 0 Å². The summed E-state index contributed by atoms with van der Waals surface area (Å²) < 4.78 is 1.85. The molecule has 140 valence electrons. The van der Waals surface area contributed by atoms with E-state index < -0.39 is 0 Å². The molecule has 24 heavy (non-hydrogen) atoms. The maximum absolute atomic E-state index is 3.77. The van der Waals surface area contributed by atoms with Crippen molar-refractivity contribution in [3.8, 4) is 0 Å². The van der Waals surface area contributed by atoms with Crippen molar-refractivity contribution in [2.24, 2.45) is 0 Å². The van der Waals surface area contributed by atoms with Crippen molar-refractivity contribution in [3.05, 3.63) is 75.9 Å². The molecule has 0 heterocycles. The molecule has 0 aliphatic rings. The van der Waals surface area contributed by atoms with Crippen LogP contribution in [-0.2, 0) is 0 Å². The molecule has 0 saturated heterocycles. The lowest BCUT2D eigenvalue weighted by Crippen LogP contribution is -3.00. The van der Waals surface area contributed by atoms with Crippen LogP contribution in [0.4, 0.5) is 0 Å². The Morgan fingerprint density at radius 3 is 0.875 bits per heavy atom. The molecule has 4 heteroatoms. The van der Waals surface area contributed by atoms with E-state index in [0.717, 1.165) is 48.2 Å². The lowest BCUT2D eigenvalue weighted by atomic mass is 10.3. The smallest absolute Gasteiger partial charge is 0.0978 e. The maximum atomic E-state index is 3.77. The molecule has 0 spiro atoms. The van der Waals surface area contributed by atoms with Crippen molar-refractivity contribution in [2.75, 3.05) is 53.4 Å². The van der Waals surface area contributed by atoms with Gasteiger partial charge in [0.15, 0.2) is 0 Å². The average Bonchev–Trinajstić information content (AvgIpc) is 2.40. The molecule has 0 unspecified atom stereocenters. The second kappa shape index (κ2) is 18.3. The van der Waals surface area contributed by atoms with Gasteiger partial charge in [0, 0.05) is 0 Å². The second-order valence-corrected chi connectivity index (χ2v) is 6.10. The van der Waals surface area contributed by atoms with E-state index in [-0.39, 0.29) is 24.8 Å².